The Labute approximate surface area is 170 Å². The normalized spacial score (nSPS) is 11.2. The summed E-state index contributed by atoms with van der Waals surface area (Å²) in [7, 11) is 0. The standard InChI is InChI=1S/C18H25FN4O2.HI/c1-4-20-18(22-12-16-11-17(13(2)3)23-25-16)21-8-9-24-15-7-5-6-14(19)10-15;/h5-7,10-11,13H,4,8-9,12H2,1-3H3,(H2,20,21,22);1H. The highest BCUT2D eigenvalue weighted by Crippen LogP contribution is 2.14. The number of hydrogen-bond acceptors (Lipinski definition) is 4. The Morgan fingerprint density at radius 3 is 2.77 bits per heavy atom. The van der Waals surface area contributed by atoms with Crippen molar-refractivity contribution in [2.45, 2.75) is 33.2 Å². The fraction of sp³-hybridized carbons (Fsp3) is 0.444. The Kier molecular flexibility index (Phi) is 10.0. The SMILES string of the molecule is CCNC(=NCc1cc(C(C)C)no1)NCCOc1cccc(F)c1.I. The lowest BCUT2D eigenvalue weighted by atomic mass is 10.1. The van der Waals surface area contributed by atoms with Gasteiger partial charge < -0.3 is 19.9 Å². The Morgan fingerprint density at radius 1 is 1.31 bits per heavy atom. The minimum Gasteiger partial charge on any atom is -0.492 e. The zero-order valence-electron chi connectivity index (χ0n) is 15.3. The van der Waals surface area contributed by atoms with Crippen molar-refractivity contribution < 1.29 is 13.7 Å². The molecule has 144 valence electrons. The summed E-state index contributed by atoms with van der Waals surface area (Å²) in [5.74, 6) is 1.90. The highest BCUT2D eigenvalue weighted by atomic mass is 127. The molecule has 2 N–H and O–H groups in total. The third-order valence-corrected chi connectivity index (χ3v) is 3.37. The number of benzene rings is 1. The predicted octanol–water partition coefficient (Wildman–Crippen LogP) is 3.69. The number of rotatable bonds is 8. The van der Waals surface area contributed by atoms with Crippen LogP contribution in [0, 0.1) is 5.82 Å². The van der Waals surface area contributed by atoms with Crippen LogP contribution in [0.2, 0.25) is 0 Å². The summed E-state index contributed by atoms with van der Waals surface area (Å²) in [6.45, 7) is 8.20. The minimum absolute atomic E-state index is 0. The van der Waals surface area contributed by atoms with E-state index in [1.54, 1.807) is 12.1 Å². The quantitative estimate of drug-likeness (QED) is 0.263. The van der Waals surface area contributed by atoms with E-state index in [0.717, 1.165) is 18.0 Å². The van der Waals surface area contributed by atoms with Crippen molar-refractivity contribution in [1.29, 1.82) is 0 Å². The molecule has 2 rings (SSSR count). The summed E-state index contributed by atoms with van der Waals surface area (Å²) in [5, 5.41) is 10.3. The van der Waals surface area contributed by atoms with Gasteiger partial charge in [0.05, 0.1) is 12.2 Å². The molecule has 0 bridgehead atoms. The molecule has 0 aliphatic rings. The van der Waals surface area contributed by atoms with Gasteiger partial charge in [0.2, 0.25) is 0 Å². The number of hydrogen-bond donors (Lipinski definition) is 2. The molecule has 8 heteroatoms. The molecule has 0 aliphatic carbocycles. The van der Waals surface area contributed by atoms with E-state index in [4.69, 9.17) is 9.26 Å². The van der Waals surface area contributed by atoms with Gasteiger partial charge >= 0.3 is 0 Å². The van der Waals surface area contributed by atoms with Crippen LogP contribution in [-0.4, -0.2) is 30.8 Å². The fourth-order valence-corrected chi connectivity index (χ4v) is 2.07. The van der Waals surface area contributed by atoms with Gasteiger partial charge in [0.25, 0.3) is 0 Å². The van der Waals surface area contributed by atoms with E-state index in [0.29, 0.717) is 37.3 Å². The number of aliphatic imine (C=N–C) groups is 1. The maximum absolute atomic E-state index is 13.1. The number of halogens is 2. The number of nitrogens with one attached hydrogen (secondary N) is 2. The Bertz CT molecular complexity index is 691. The van der Waals surface area contributed by atoms with Gasteiger partial charge in [0.1, 0.15) is 24.7 Å². The molecular formula is C18H26FIN4O2. The van der Waals surface area contributed by atoms with Crippen LogP contribution in [-0.2, 0) is 6.54 Å². The Morgan fingerprint density at radius 2 is 2.12 bits per heavy atom. The van der Waals surface area contributed by atoms with E-state index in [9.17, 15) is 4.39 Å². The van der Waals surface area contributed by atoms with Crippen molar-refractivity contribution in [1.82, 2.24) is 15.8 Å². The van der Waals surface area contributed by atoms with Crippen molar-refractivity contribution >= 4 is 29.9 Å². The monoisotopic (exact) mass is 476 g/mol. The zero-order chi connectivity index (χ0) is 18.1. The molecule has 6 nitrogen and oxygen atoms in total. The highest BCUT2D eigenvalue weighted by molar-refractivity contribution is 14.0. The number of nitrogens with zero attached hydrogens (tertiary/aromatic N) is 2. The first-order valence-electron chi connectivity index (χ1n) is 8.44. The number of aromatic nitrogens is 1. The lowest BCUT2D eigenvalue weighted by Crippen LogP contribution is -2.39. The average molecular weight is 476 g/mol. The molecule has 26 heavy (non-hydrogen) atoms. The second-order valence-electron chi connectivity index (χ2n) is 5.80. The van der Waals surface area contributed by atoms with E-state index < -0.39 is 0 Å². The molecule has 1 heterocycles. The molecule has 0 unspecified atom stereocenters. The minimum atomic E-state index is -0.312. The third kappa shape index (κ3) is 7.59. The summed E-state index contributed by atoms with van der Waals surface area (Å²) < 4.78 is 23.8. The molecule has 2 aromatic rings. The molecule has 0 radical (unpaired) electrons. The van der Waals surface area contributed by atoms with Crippen LogP contribution >= 0.6 is 24.0 Å². The first-order chi connectivity index (χ1) is 12.1. The van der Waals surface area contributed by atoms with Crippen LogP contribution < -0.4 is 15.4 Å². The molecular weight excluding hydrogens is 450 g/mol. The summed E-state index contributed by atoms with van der Waals surface area (Å²) >= 11 is 0. The Hall–Kier alpha value is -1.84. The van der Waals surface area contributed by atoms with E-state index in [2.05, 4.69) is 34.6 Å². The smallest absolute Gasteiger partial charge is 0.191 e. The number of guanidine groups is 1. The molecule has 1 aromatic heterocycles. The van der Waals surface area contributed by atoms with Gasteiger partial charge in [-0.05, 0) is 25.0 Å². The first-order valence-corrected chi connectivity index (χ1v) is 8.44. The van der Waals surface area contributed by atoms with Crippen molar-refractivity contribution in [3.05, 3.63) is 47.6 Å². The molecule has 0 aliphatic heterocycles. The average Bonchev–Trinajstić information content (AvgIpc) is 3.06. The van der Waals surface area contributed by atoms with E-state index in [-0.39, 0.29) is 29.8 Å². The molecule has 0 atom stereocenters. The second-order valence-corrected chi connectivity index (χ2v) is 5.80. The van der Waals surface area contributed by atoms with Gasteiger partial charge in [-0.15, -0.1) is 24.0 Å². The van der Waals surface area contributed by atoms with Gasteiger partial charge in [0.15, 0.2) is 11.7 Å². The Balaban J connectivity index is 0.00000338. The summed E-state index contributed by atoms with van der Waals surface area (Å²) in [5.41, 5.74) is 0.923. The fourth-order valence-electron chi connectivity index (χ4n) is 2.07. The highest BCUT2D eigenvalue weighted by Gasteiger charge is 2.07. The maximum Gasteiger partial charge on any atom is 0.191 e. The van der Waals surface area contributed by atoms with Gasteiger partial charge in [-0.2, -0.15) is 0 Å². The second kappa shape index (κ2) is 11.7. The summed E-state index contributed by atoms with van der Waals surface area (Å²) in [4.78, 5) is 4.46. The summed E-state index contributed by atoms with van der Waals surface area (Å²) in [6.07, 6.45) is 0. The molecule has 0 saturated carbocycles. The topological polar surface area (TPSA) is 71.7 Å². The van der Waals surface area contributed by atoms with Gasteiger partial charge in [-0.25, -0.2) is 9.38 Å². The van der Waals surface area contributed by atoms with Crippen LogP contribution in [0.25, 0.3) is 0 Å². The van der Waals surface area contributed by atoms with Crippen LogP contribution in [0.4, 0.5) is 4.39 Å². The van der Waals surface area contributed by atoms with E-state index in [1.165, 1.54) is 12.1 Å². The van der Waals surface area contributed by atoms with Crippen molar-refractivity contribution in [2.24, 2.45) is 4.99 Å². The van der Waals surface area contributed by atoms with E-state index in [1.807, 2.05) is 13.0 Å². The van der Waals surface area contributed by atoms with Crippen LogP contribution in [0.3, 0.4) is 0 Å². The molecule has 1 aromatic carbocycles. The summed E-state index contributed by atoms with van der Waals surface area (Å²) in [6, 6.07) is 8.00. The maximum atomic E-state index is 13.1. The predicted molar refractivity (Wildman–Crippen MR) is 111 cm³/mol. The van der Waals surface area contributed by atoms with Gasteiger partial charge in [-0.3, -0.25) is 0 Å². The van der Waals surface area contributed by atoms with Crippen molar-refractivity contribution in [3.8, 4) is 5.75 Å². The molecule has 0 saturated heterocycles. The van der Waals surface area contributed by atoms with Crippen LogP contribution in [0.5, 0.6) is 5.75 Å². The molecule has 0 fully saturated rings. The molecule has 0 spiro atoms. The number of ether oxygens (including phenoxy) is 1. The van der Waals surface area contributed by atoms with Crippen LogP contribution in [0.15, 0.2) is 39.8 Å². The van der Waals surface area contributed by atoms with Gasteiger partial charge in [-0.1, -0.05) is 25.1 Å². The van der Waals surface area contributed by atoms with Crippen molar-refractivity contribution in [3.63, 3.8) is 0 Å². The zero-order valence-corrected chi connectivity index (χ0v) is 17.6. The largest absolute Gasteiger partial charge is 0.492 e. The lowest BCUT2D eigenvalue weighted by Gasteiger charge is -2.11. The third-order valence-electron chi connectivity index (χ3n) is 3.37. The molecule has 0 amide bonds. The van der Waals surface area contributed by atoms with Crippen LogP contribution in [0.1, 0.15) is 38.1 Å². The van der Waals surface area contributed by atoms with E-state index >= 15 is 0 Å². The van der Waals surface area contributed by atoms with Gasteiger partial charge in [0, 0.05) is 18.7 Å². The van der Waals surface area contributed by atoms with Crippen molar-refractivity contribution in [2.75, 3.05) is 19.7 Å². The lowest BCUT2D eigenvalue weighted by molar-refractivity contribution is 0.320. The first kappa shape index (κ1) is 22.2.